The minimum absolute atomic E-state index is 0.751. The number of anilines is 2. The monoisotopic (exact) mass is 679 g/mol. The topological polar surface area (TPSA) is 29.5 Å². The van der Waals surface area contributed by atoms with Crippen molar-refractivity contribution in [3.63, 3.8) is 0 Å². The van der Waals surface area contributed by atoms with Crippen molar-refractivity contribution >= 4 is 71.9 Å². The molecular formula is C50H33NO2. The van der Waals surface area contributed by atoms with E-state index in [0.717, 1.165) is 83.4 Å². The smallest absolute Gasteiger partial charge is 0.143 e. The van der Waals surface area contributed by atoms with Crippen LogP contribution in [0.3, 0.4) is 0 Å². The SMILES string of the molecule is C=C/C(=C\c1cc2ccccc2o1)N(c1cccc(-c2ccc3ccccc3c2)c1)c1ccccc1-c1cccc2c1oc1cc3ccccc3cc12. The van der Waals surface area contributed by atoms with E-state index in [2.05, 4.69) is 175 Å². The molecule has 0 saturated carbocycles. The first-order valence-electron chi connectivity index (χ1n) is 17.9. The molecule has 0 radical (unpaired) electrons. The van der Waals surface area contributed by atoms with Crippen molar-refractivity contribution in [2.75, 3.05) is 4.90 Å². The number of furan rings is 2. The van der Waals surface area contributed by atoms with Crippen molar-refractivity contribution in [1.29, 1.82) is 0 Å². The van der Waals surface area contributed by atoms with Gasteiger partial charge in [0, 0.05) is 44.7 Å². The number of nitrogens with zero attached hydrogens (tertiary/aromatic N) is 1. The predicted octanol–water partition coefficient (Wildman–Crippen LogP) is 14.3. The maximum absolute atomic E-state index is 6.75. The summed E-state index contributed by atoms with van der Waals surface area (Å²) in [7, 11) is 0. The molecule has 0 unspecified atom stereocenters. The second-order valence-corrected chi connectivity index (χ2v) is 13.4. The number of benzene rings is 8. The molecule has 10 rings (SSSR count). The van der Waals surface area contributed by atoms with Crippen LogP contribution in [0.5, 0.6) is 0 Å². The zero-order valence-electron chi connectivity index (χ0n) is 28.9. The summed E-state index contributed by atoms with van der Waals surface area (Å²) in [6.07, 6.45) is 3.97. The Kier molecular flexibility index (Phi) is 7.29. The van der Waals surface area contributed by atoms with Crippen LogP contribution in [0.1, 0.15) is 5.76 Å². The molecule has 0 amide bonds. The Labute approximate surface area is 306 Å². The van der Waals surface area contributed by atoms with Crippen molar-refractivity contribution in [3.8, 4) is 22.3 Å². The van der Waals surface area contributed by atoms with E-state index in [1.54, 1.807) is 0 Å². The maximum Gasteiger partial charge on any atom is 0.143 e. The Morgan fingerprint density at radius 3 is 1.98 bits per heavy atom. The summed E-state index contributed by atoms with van der Waals surface area (Å²) in [4.78, 5) is 2.27. The zero-order chi connectivity index (χ0) is 35.3. The molecule has 0 aliphatic heterocycles. The van der Waals surface area contributed by atoms with E-state index in [9.17, 15) is 0 Å². The Morgan fingerprint density at radius 1 is 0.472 bits per heavy atom. The average Bonchev–Trinajstić information content (AvgIpc) is 3.80. The van der Waals surface area contributed by atoms with Gasteiger partial charge in [0.1, 0.15) is 22.5 Å². The molecule has 2 heterocycles. The molecule has 0 spiro atoms. The van der Waals surface area contributed by atoms with E-state index in [1.165, 1.54) is 16.2 Å². The first-order chi connectivity index (χ1) is 26.2. The van der Waals surface area contributed by atoms with E-state index in [1.807, 2.05) is 24.3 Å². The molecule has 0 N–H and O–H groups in total. The van der Waals surface area contributed by atoms with Gasteiger partial charge in [-0.25, -0.2) is 0 Å². The Morgan fingerprint density at radius 2 is 1.15 bits per heavy atom. The van der Waals surface area contributed by atoms with Gasteiger partial charge >= 0.3 is 0 Å². The van der Waals surface area contributed by atoms with Crippen LogP contribution in [0.25, 0.3) is 82.8 Å². The van der Waals surface area contributed by atoms with Crippen molar-refractivity contribution in [2.24, 2.45) is 0 Å². The summed E-state index contributed by atoms with van der Waals surface area (Å²) in [5.74, 6) is 0.751. The maximum atomic E-state index is 6.75. The van der Waals surface area contributed by atoms with Gasteiger partial charge in [0.2, 0.25) is 0 Å². The molecule has 53 heavy (non-hydrogen) atoms. The number of rotatable bonds is 7. The van der Waals surface area contributed by atoms with E-state index in [0.29, 0.717) is 0 Å². The lowest BCUT2D eigenvalue weighted by Crippen LogP contribution is -2.16. The van der Waals surface area contributed by atoms with Crippen LogP contribution in [0.4, 0.5) is 11.4 Å². The van der Waals surface area contributed by atoms with Gasteiger partial charge < -0.3 is 13.7 Å². The van der Waals surface area contributed by atoms with Gasteiger partial charge in [-0.3, -0.25) is 0 Å². The first kappa shape index (κ1) is 30.7. The molecule has 0 fully saturated rings. The lowest BCUT2D eigenvalue weighted by atomic mass is 9.98. The number of allylic oxidation sites excluding steroid dienone is 1. The third kappa shape index (κ3) is 5.38. The Bertz CT molecular complexity index is 3020. The normalized spacial score (nSPS) is 12.0. The summed E-state index contributed by atoms with van der Waals surface area (Å²) in [5, 5.41) is 8.03. The van der Waals surface area contributed by atoms with Crippen molar-refractivity contribution in [3.05, 3.63) is 200 Å². The average molecular weight is 680 g/mol. The van der Waals surface area contributed by atoms with Gasteiger partial charge in [0.05, 0.1) is 5.69 Å². The molecule has 0 bridgehead atoms. The third-order valence-electron chi connectivity index (χ3n) is 10.2. The highest BCUT2D eigenvalue weighted by Crippen LogP contribution is 2.44. The van der Waals surface area contributed by atoms with E-state index in [4.69, 9.17) is 8.83 Å². The van der Waals surface area contributed by atoms with Gasteiger partial charge in [-0.05, 0) is 87.3 Å². The van der Waals surface area contributed by atoms with Gasteiger partial charge in [-0.1, -0.05) is 134 Å². The van der Waals surface area contributed by atoms with E-state index >= 15 is 0 Å². The molecule has 3 heteroatoms. The molecule has 250 valence electrons. The van der Waals surface area contributed by atoms with Crippen molar-refractivity contribution in [2.45, 2.75) is 0 Å². The number of hydrogen-bond acceptors (Lipinski definition) is 3. The van der Waals surface area contributed by atoms with Crippen molar-refractivity contribution < 1.29 is 8.83 Å². The molecule has 10 aromatic rings. The Hall–Kier alpha value is -7.10. The zero-order valence-corrected chi connectivity index (χ0v) is 28.9. The minimum atomic E-state index is 0.751. The summed E-state index contributed by atoms with van der Waals surface area (Å²) >= 11 is 0. The highest BCUT2D eigenvalue weighted by Gasteiger charge is 2.22. The van der Waals surface area contributed by atoms with Crippen LogP contribution in [0.15, 0.2) is 203 Å². The fraction of sp³-hybridized carbons (Fsp3) is 0. The molecule has 8 aromatic carbocycles. The lowest BCUT2D eigenvalue weighted by Gasteiger charge is -2.29. The first-order valence-corrected chi connectivity index (χ1v) is 17.9. The second kappa shape index (κ2) is 12.6. The van der Waals surface area contributed by atoms with Gasteiger partial charge in [-0.2, -0.15) is 0 Å². The van der Waals surface area contributed by atoms with Crippen LogP contribution in [0.2, 0.25) is 0 Å². The van der Waals surface area contributed by atoms with Crippen LogP contribution >= 0.6 is 0 Å². The van der Waals surface area contributed by atoms with Crippen LogP contribution in [0, 0.1) is 0 Å². The van der Waals surface area contributed by atoms with E-state index < -0.39 is 0 Å². The highest BCUT2D eigenvalue weighted by atomic mass is 16.3. The second-order valence-electron chi connectivity index (χ2n) is 13.4. The van der Waals surface area contributed by atoms with Crippen LogP contribution in [-0.4, -0.2) is 0 Å². The molecular weight excluding hydrogens is 647 g/mol. The third-order valence-corrected chi connectivity index (χ3v) is 10.2. The largest absolute Gasteiger partial charge is 0.457 e. The number of fused-ring (bicyclic) bond motifs is 6. The number of hydrogen-bond donors (Lipinski definition) is 0. The standard InChI is InChI=1S/C50H33NO2/c1-2-40(32-42-29-39-17-7-10-24-48(39)52-42)51(41-19-11-18-35(28-41)38-26-25-33-13-3-4-14-34(33)27-38)47-23-9-8-20-43(47)44-21-12-22-45-46-30-36-15-5-6-16-37(36)31-49(46)53-50(44)45/h2-32H,1H2/b40-32+. The van der Waals surface area contributed by atoms with Gasteiger partial charge in [0.15, 0.2) is 0 Å². The minimum Gasteiger partial charge on any atom is -0.457 e. The summed E-state index contributed by atoms with van der Waals surface area (Å²) in [5.41, 5.74) is 9.76. The van der Waals surface area contributed by atoms with Gasteiger partial charge in [-0.15, -0.1) is 0 Å². The predicted molar refractivity (Wildman–Crippen MR) is 223 cm³/mol. The molecule has 3 nitrogen and oxygen atoms in total. The Balaban J connectivity index is 1.19. The lowest BCUT2D eigenvalue weighted by molar-refractivity contribution is 0.604. The fourth-order valence-electron chi connectivity index (χ4n) is 7.65. The van der Waals surface area contributed by atoms with E-state index in [-0.39, 0.29) is 0 Å². The highest BCUT2D eigenvalue weighted by molar-refractivity contribution is 6.14. The van der Waals surface area contributed by atoms with Crippen molar-refractivity contribution in [1.82, 2.24) is 0 Å². The quantitative estimate of drug-likeness (QED) is 0.157. The van der Waals surface area contributed by atoms with Crippen LogP contribution in [-0.2, 0) is 0 Å². The van der Waals surface area contributed by atoms with Crippen LogP contribution < -0.4 is 4.90 Å². The summed E-state index contributed by atoms with van der Waals surface area (Å²) < 4.78 is 13.1. The number of para-hydroxylation sites is 3. The molecule has 0 saturated heterocycles. The van der Waals surface area contributed by atoms with Gasteiger partial charge in [0.25, 0.3) is 0 Å². The summed E-state index contributed by atoms with van der Waals surface area (Å²) in [6.45, 7) is 4.34. The molecule has 0 aliphatic carbocycles. The fourth-order valence-corrected chi connectivity index (χ4v) is 7.65. The molecule has 0 atom stereocenters. The summed E-state index contributed by atoms with van der Waals surface area (Å²) in [6, 6.07) is 61.8. The molecule has 0 aliphatic rings. The molecule has 2 aromatic heterocycles.